The Bertz CT molecular complexity index is 372. The summed E-state index contributed by atoms with van der Waals surface area (Å²) in [6, 6.07) is 13.1. The summed E-state index contributed by atoms with van der Waals surface area (Å²) in [7, 11) is 0. The summed E-state index contributed by atoms with van der Waals surface area (Å²) in [5.74, 6) is 0. The Morgan fingerprint density at radius 2 is 1.72 bits per heavy atom. The van der Waals surface area contributed by atoms with Crippen molar-refractivity contribution in [2.24, 2.45) is 0 Å². The lowest BCUT2D eigenvalue weighted by Crippen LogP contribution is -2.35. The molecule has 1 aliphatic rings. The van der Waals surface area contributed by atoms with Crippen molar-refractivity contribution in [3.63, 3.8) is 0 Å². The van der Waals surface area contributed by atoms with Crippen molar-refractivity contribution in [1.82, 2.24) is 4.90 Å². The summed E-state index contributed by atoms with van der Waals surface area (Å²) in [5.41, 5.74) is 1.34. The zero-order valence-corrected chi connectivity index (χ0v) is 11.0. The number of aryl methyl sites for hydroxylation is 1. The van der Waals surface area contributed by atoms with Gasteiger partial charge in [-0.15, -0.1) is 0 Å². The zero-order chi connectivity index (χ0) is 12.6. The highest BCUT2D eigenvalue weighted by molar-refractivity contribution is 5.15. The lowest BCUT2D eigenvalue weighted by atomic mass is 10.0. The summed E-state index contributed by atoms with van der Waals surface area (Å²) < 4.78 is 0. The maximum Gasteiger partial charge on any atom is 0.0981 e. The highest BCUT2D eigenvalue weighted by Crippen LogP contribution is 2.15. The molecular formula is C16H22N2. The molecule has 0 bridgehead atoms. The SMILES string of the molecule is N#CC(CCc1ccccc1)N1CCCCCC1. The molecule has 1 atom stereocenters. The molecular weight excluding hydrogens is 220 g/mol. The van der Waals surface area contributed by atoms with Crippen LogP contribution in [0.5, 0.6) is 0 Å². The van der Waals surface area contributed by atoms with Crippen molar-refractivity contribution in [3.8, 4) is 6.07 Å². The molecule has 1 aromatic rings. The smallest absolute Gasteiger partial charge is 0.0981 e. The molecule has 96 valence electrons. The average molecular weight is 242 g/mol. The third kappa shape index (κ3) is 3.85. The Labute approximate surface area is 110 Å². The van der Waals surface area contributed by atoms with Gasteiger partial charge >= 0.3 is 0 Å². The average Bonchev–Trinajstić information content (AvgIpc) is 2.70. The molecule has 2 heteroatoms. The molecule has 1 saturated heterocycles. The Hall–Kier alpha value is -1.33. The number of benzene rings is 1. The minimum atomic E-state index is 0.100. The molecule has 1 aromatic carbocycles. The minimum Gasteiger partial charge on any atom is -0.288 e. The lowest BCUT2D eigenvalue weighted by molar-refractivity contribution is 0.234. The third-order valence-electron chi connectivity index (χ3n) is 3.78. The quantitative estimate of drug-likeness (QED) is 0.809. The fourth-order valence-corrected chi connectivity index (χ4v) is 2.68. The molecule has 1 heterocycles. The standard InChI is InChI=1S/C16H22N2/c17-14-16(18-12-6-1-2-7-13-18)11-10-15-8-4-3-5-9-15/h3-5,8-9,16H,1-2,6-7,10-13H2. The minimum absolute atomic E-state index is 0.100. The topological polar surface area (TPSA) is 27.0 Å². The summed E-state index contributed by atoms with van der Waals surface area (Å²) in [6.45, 7) is 2.21. The molecule has 0 radical (unpaired) electrons. The van der Waals surface area contributed by atoms with Gasteiger partial charge in [-0.2, -0.15) is 5.26 Å². The van der Waals surface area contributed by atoms with E-state index in [4.69, 9.17) is 0 Å². The largest absolute Gasteiger partial charge is 0.288 e. The monoisotopic (exact) mass is 242 g/mol. The second-order valence-electron chi connectivity index (χ2n) is 5.12. The van der Waals surface area contributed by atoms with Gasteiger partial charge in [0, 0.05) is 0 Å². The number of likely N-dealkylation sites (tertiary alicyclic amines) is 1. The first kappa shape index (κ1) is 13.1. The van der Waals surface area contributed by atoms with Gasteiger partial charge in [0.1, 0.15) is 0 Å². The van der Waals surface area contributed by atoms with Crippen LogP contribution in [0.15, 0.2) is 30.3 Å². The molecule has 0 aromatic heterocycles. The number of hydrogen-bond acceptors (Lipinski definition) is 2. The lowest BCUT2D eigenvalue weighted by Gasteiger charge is -2.25. The summed E-state index contributed by atoms with van der Waals surface area (Å²) >= 11 is 0. The molecule has 0 amide bonds. The van der Waals surface area contributed by atoms with Crippen molar-refractivity contribution < 1.29 is 0 Å². The van der Waals surface area contributed by atoms with Crippen LogP contribution in [0.2, 0.25) is 0 Å². The van der Waals surface area contributed by atoms with Crippen molar-refractivity contribution in [3.05, 3.63) is 35.9 Å². The fourth-order valence-electron chi connectivity index (χ4n) is 2.68. The predicted octanol–water partition coefficient (Wildman–Crippen LogP) is 3.39. The van der Waals surface area contributed by atoms with Gasteiger partial charge in [-0.05, 0) is 44.3 Å². The van der Waals surface area contributed by atoms with Crippen LogP contribution in [0, 0.1) is 11.3 Å². The molecule has 1 unspecified atom stereocenters. The summed E-state index contributed by atoms with van der Waals surface area (Å²) in [4.78, 5) is 2.38. The first-order valence-electron chi connectivity index (χ1n) is 7.08. The van der Waals surface area contributed by atoms with Crippen molar-refractivity contribution in [2.75, 3.05) is 13.1 Å². The maximum absolute atomic E-state index is 9.36. The van der Waals surface area contributed by atoms with Crippen molar-refractivity contribution in [1.29, 1.82) is 5.26 Å². The number of hydrogen-bond donors (Lipinski definition) is 0. The van der Waals surface area contributed by atoms with E-state index in [-0.39, 0.29) is 6.04 Å². The van der Waals surface area contributed by atoms with Gasteiger partial charge in [-0.25, -0.2) is 0 Å². The van der Waals surface area contributed by atoms with Crippen molar-refractivity contribution >= 4 is 0 Å². The second-order valence-corrected chi connectivity index (χ2v) is 5.12. The van der Waals surface area contributed by atoms with Crippen LogP contribution >= 0.6 is 0 Å². The Balaban J connectivity index is 1.87. The molecule has 2 rings (SSSR count). The van der Waals surface area contributed by atoms with E-state index in [9.17, 15) is 5.26 Å². The number of nitrogens with zero attached hydrogens (tertiary/aromatic N) is 2. The van der Waals surface area contributed by atoms with E-state index in [2.05, 4.69) is 35.2 Å². The van der Waals surface area contributed by atoms with Gasteiger partial charge in [-0.1, -0.05) is 43.2 Å². The van der Waals surface area contributed by atoms with Crippen LogP contribution in [0.3, 0.4) is 0 Å². The Morgan fingerprint density at radius 1 is 1.06 bits per heavy atom. The maximum atomic E-state index is 9.36. The second kappa shape index (κ2) is 7.18. The predicted molar refractivity (Wildman–Crippen MR) is 74.2 cm³/mol. The van der Waals surface area contributed by atoms with E-state index in [1.165, 1.54) is 31.2 Å². The summed E-state index contributed by atoms with van der Waals surface area (Å²) in [5, 5.41) is 9.36. The van der Waals surface area contributed by atoms with Crippen molar-refractivity contribution in [2.45, 2.75) is 44.6 Å². The number of nitriles is 1. The first-order valence-corrected chi connectivity index (χ1v) is 7.08. The van der Waals surface area contributed by atoms with Crippen LogP contribution < -0.4 is 0 Å². The molecule has 0 saturated carbocycles. The van der Waals surface area contributed by atoms with Gasteiger partial charge in [-0.3, -0.25) is 4.90 Å². The molecule has 1 aliphatic heterocycles. The molecule has 0 aliphatic carbocycles. The molecule has 2 nitrogen and oxygen atoms in total. The normalized spacial score (nSPS) is 18.8. The molecule has 0 spiro atoms. The van der Waals surface area contributed by atoms with Gasteiger partial charge in [0.15, 0.2) is 0 Å². The Kier molecular flexibility index (Phi) is 5.23. The van der Waals surface area contributed by atoms with Crippen LogP contribution in [-0.4, -0.2) is 24.0 Å². The first-order chi connectivity index (χ1) is 8.90. The van der Waals surface area contributed by atoms with Crippen LogP contribution in [0.1, 0.15) is 37.7 Å². The van der Waals surface area contributed by atoms with E-state index < -0.39 is 0 Å². The summed E-state index contributed by atoms with van der Waals surface area (Å²) in [6.07, 6.45) is 7.13. The van der Waals surface area contributed by atoms with Gasteiger partial charge < -0.3 is 0 Å². The highest BCUT2D eigenvalue weighted by Gasteiger charge is 2.18. The van der Waals surface area contributed by atoms with Gasteiger partial charge in [0.05, 0.1) is 12.1 Å². The van der Waals surface area contributed by atoms with E-state index in [0.29, 0.717) is 0 Å². The fraction of sp³-hybridized carbons (Fsp3) is 0.562. The molecule has 0 N–H and O–H groups in total. The number of rotatable bonds is 4. The van der Waals surface area contributed by atoms with Crippen LogP contribution in [-0.2, 0) is 6.42 Å². The van der Waals surface area contributed by atoms with Gasteiger partial charge in [0.2, 0.25) is 0 Å². The van der Waals surface area contributed by atoms with E-state index in [0.717, 1.165) is 25.9 Å². The highest BCUT2D eigenvalue weighted by atomic mass is 15.1. The van der Waals surface area contributed by atoms with E-state index in [1.807, 2.05) is 6.07 Å². The Morgan fingerprint density at radius 3 is 2.33 bits per heavy atom. The molecule has 1 fully saturated rings. The van der Waals surface area contributed by atoms with Gasteiger partial charge in [0.25, 0.3) is 0 Å². The van der Waals surface area contributed by atoms with Crippen LogP contribution in [0.25, 0.3) is 0 Å². The van der Waals surface area contributed by atoms with Crippen LogP contribution in [0.4, 0.5) is 0 Å². The van der Waals surface area contributed by atoms with E-state index in [1.54, 1.807) is 0 Å². The molecule has 18 heavy (non-hydrogen) atoms. The van der Waals surface area contributed by atoms with E-state index >= 15 is 0 Å². The zero-order valence-electron chi connectivity index (χ0n) is 11.0. The third-order valence-corrected chi connectivity index (χ3v) is 3.78.